The smallest absolute Gasteiger partial charge is 0.211 e. The molecule has 0 unspecified atom stereocenters. The Kier molecular flexibility index (Phi) is 6.67. The summed E-state index contributed by atoms with van der Waals surface area (Å²) in [5.74, 6) is 1.35. The van der Waals surface area contributed by atoms with Gasteiger partial charge in [0.15, 0.2) is 11.5 Å². The second-order valence-corrected chi connectivity index (χ2v) is 8.76. The molecule has 0 aromatic heterocycles. The molecule has 142 valence electrons. The molecule has 5 nitrogen and oxygen atoms in total. The average Bonchev–Trinajstić information content (AvgIpc) is 2.65. The van der Waals surface area contributed by atoms with Gasteiger partial charge in [0, 0.05) is 12.0 Å². The highest BCUT2D eigenvalue weighted by Gasteiger charge is 2.24. The van der Waals surface area contributed by atoms with Gasteiger partial charge in [0.25, 0.3) is 0 Å². The highest BCUT2D eigenvalue weighted by Crippen LogP contribution is 2.33. The van der Waals surface area contributed by atoms with Crippen molar-refractivity contribution >= 4 is 10.0 Å². The van der Waals surface area contributed by atoms with Crippen LogP contribution in [0.3, 0.4) is 0 Å². The largest absolute Gasteiger partial charge is 0.493 e. The van der Waals surface area contributed by atoms with Crippen LogP contribution < -0.4 is 14.2 Å². The maximum atomic E-state index is 12.3. The molecule has 0 spiro atoms. The van der Waals surface area contributed by atoms with E-state index in [2.05, 4.69) is 4.72 Å². The van der Waals surface area contributed by atoms with Crippen LogP contribution in [-0.2, 0) is 21.9 Å². The first-order valence-electron chi connectivity index (χ1n) is 8.51. The van der Waals surface area contributed by atoms with Crippen LogP contribution in [0.2, 0.25) is 0 Å². The normalized spacial score (nSPS) is 12.0. The van der Waals surface area contributed by atoms with E-state index in [9.17, 15) is 8.42 Å². The minimum atomic E-state index is -3.36. The molecule has 0 bridgehead atoms. The summed E-state index contributed by atoms with van der Waals surface area (Å²) in [6, 6.07) is 15.3. The lowest BCUT2D eigenvalue weighted by Crippen LogP contribution is -2.38. The maximum absolute atomic E-state index is 12.3. The molecule has 1 N–H and O–H groups in total. The third-order valence-corrected chi connectivity index (χ3v) is 5.73. The van der Waals surface area contributed by atoms with Gasteiger partial charge in [-0.1, -0.05) is 50.2 Å². The van der Waals surface area contributed by atoms with Gasteiger partial charge in [-0.05, 0) is 29.7 Å². The van der Waals surface area contributed by atoms with E-state index in [0.29, 0.717) is 24.5 Å². The predicted octanol–water partition coefficient (Wildman–Crippen LogP) is 3.14. The fourth-order valence-corrected chi connectivity index (χ4v) is 3.85. The summed E-state index contributed by atoms with van der Waals surface area (Å²) in [5, 5.41) is 0. The van der Waals surface area contributed by atoms with Crippen LogP contribution in [0.1, 0.15) is 25.0 Å². The van der Waals surface area contributed by atoms with E-state index in [4.69, 9.17) is 9.47 Å². The van der Waals surface area contributed by atoms with Crippen molar-refractivity contribution in [1.29, 1.82) is 0 Å². The van der Waals surface area contributed by atoms with Gasteiger partial charge < -0.3 is 9.47 Å². The van der Waals surface area contributed by atoms with Crippen molar-refractivity contribution < 1.29 is 17.9 Å². The lowest BCUT2D eigenvalue weighted by Gasteiger charge is -2.26. The number of aryl methyl sites for hydroxylation is 1. The Balaban J connectivity index is 2.02. The average molecular weight is 378 g/mol. The fraction of sp³-hybridized carbons (Fsp3) is 0.400. The molecule has 2 rings (SSSR count). The molecule has 0 atom stereocenters. The minimum absolute atomic E-state index is 0.0685. The third kappa shape index (κ3) is 5.47. The van der Waals surface area contributed by atoms with E-state index in [-0.39, 0.29) is 11.2 Å². The summed E-state index contributed by atoms with van der Waals surface area (Å²) in [7, 11) is -0.184. The Morgan fingerprint density at radius 2 is 1.62 bits per heavy atom. The van der Waals surface area contributed by atoms with Gasteiger partial charge in [0.2, 0.25) is 10.0 Å². The number of hydrogen-bond donors (Lipinski definition) is 1. The molecule has 0 aliphatic carbocycles. The quantitative estimate of drug-likeness (QED) is 0.729. The van der Waals surface area contributed by atoms with Crippen molar-refractivity contribution in [1.82, 2.24) is 4.72 Å². The first kappa shape index (κ1) is 20.3. The van der Waals surface area contributed by atoms with Crippen molar-refractivity contribution in [2.24, 2.45) is 0 Å². The van der Waals surface area contributed by atoms with Crippen LogP contribution in [0.4, 0.5) is 0 Å². The van der Waals surface area contributed by atoms with Crippen molar-refractivity contribution in [2.75, 3.05) is 26.5 Å². The van der Waals surface area contributed by atoms with Crippen molar-refractivity contribution in [3.05, 3.63) is 59.7 Å². The summed E-state index contributed by atoms with van der Waals surface area (Å²) >= 11 is 0. The zero-order valence-electron chi connectivity index (χ0n) is 15.8. The summed E-state index contributed by atoms with van der Waals surface area (Å²) in [6.07, 6.45) is 0.493. The monoisotopic (exact) mass is 377 g/mol. The van der Waals surface area contributed by atoms with E-state index in [1.54, 1.807) is 14.2 Å². The number of ether oxygens (including phenoxy) is 2. The van der Waals surface area contributed by atoms with Gasteiger partial charge in [0.1, 0.15) is 0 Å². The van der Waals surface area contributed by atoms with Gasteiger partial charge in [-0.25, -0.2) is 13.1 Å². The molecule has 0 saturated carbocycles. The summed E-state index contributed by atoms with van der Waals surface area (Å²) in [5.41, 5.74) is 1.59. The van der Waals surface area contributed by atoms with Crippen LogP contribution in [-0.4, -0.2) is 34.9 Å². The summed E-state index contributed by atoms with van der Waals surface area (Å²) < 4.78 is 38.0. The van der Waals surface area contributed by atoms with Crippen molar-refractivity contribution in [3.8, 4) is 11.5 Å². The number of hydrogen-bond acceptors (Lipinski definition) is 4. The second kappa shape index (κ2) is 8.56. The number of nitrogens with one attached hydrogen (secondary N) is 1. The predicted molar refractivity (Wildman–Crippen MR) is 105 cm³/mol. The van der Waals surface area contributed by atoms with Gasteiger partial charge in [0.05, 0.1) is 20.0 Å². The zero-order valence-corrected chi connectivity index (χ0v) is 16.6. The topological polar surface area (TPSA) is 64.6 Å². The molecule has 2 aromatic carbocycles. The molecule has 0 saturated heterocycles. The van der Waals surface area contributed by atoms with Crippen LogP contribution in [0.25, 0.3) is 0 Å². The molecule has 26 heavy (non-hydrogen) atoms. The van der Waals surface area contributed by atoms with E-state index in [0.717, 1.165) is 11.1 Å². The van der Waals surface area contributed by atoms with Crippen LogP contribution >= 0.6 is 0 Å². The minimum Gasteiger partial charge on any atom is -0.493 e. The van der Waals surface area contributed by atoms with E-state index >= 15 is 0 Å². The van der Waals surface area contributed by atoms with E-state index in [1.165, 1.54) is 0 Å². The van der Waals surface area contributed by atoms with Gasteiger partial charge >= 0.3 is 0 Å². The molecule has 0 heterocycles. The molecule has 0 aliphatic heterocycles. The summed E-state index contributed by atoms with van der Waals surface area (Å²) in [6.45, 7) is 4.29. The maximum Gasteiger partial charge on any atom is 0.211 e. The zero-order chi connectivity index (χ0) is 19.2. The van der Waals surface area contributed by atoms with Crippen LogP contribution in [0.15, 0.2) is 48.5 Å². The number of rotatable bonds is 9. The van der Waals surface area contributed by atoms with Gasteiger partial charge in [-0.15, -0.1) is 0 Å². The van der Waals surface area contributed by atoms with Crippen LogP contribution in [0, 0.1) is 0 Å². The Morgan fingerprint density at radius 1 is 0.962 bits per heavy atom. The number of benzene rings is 2. The molecular weight excluding hydrogens is 350 g/mol. The Bertz CT molecular complexity index is 817. The van der Waals surface area contributed by atoms with E-state index in [1.807, 2.05) is 62.4 Å². The number of sulfonamides is 1. The van der Waals surface area contributed by atoms with Crippen LogP contribution in [0.5, 0.6) is 11.5 Å². The fourth-order valence-electron chi connectivity index (χ4n) is 2.62. The Hall–Kier alpha value is -2.05. The highest BCUT2D eigenvalue weighted by atomic mass is 32.2. The van der Waals surface area contributed by atoms with Gasteiger partial charge in [-0.2, -0.15) is 0 Å². The molecular formula is C20H27NO4S. The SMILES string of the molecule is COc1ccc(C(C)(C)CNS(=O)(=O)CCc2ccccc2)cc1OC. The van der Waals surface area contributed by atoms with Gasteiger partial charge in [-0.3, -0.25) is 0 Å². The molecule has 2 aromatic rings. The first-order chi connectivity index (χ1) is 12.3. The Morgan fingerprint density at radius 3 is 2.23 bits per heavy atom. The third-order valence-electron chi connectivity index (χ3n) is 4.40. The first-order valence-corrected chi connectivity index (χ1v) is 10.2. The van der Waals surface area contributed by atoms with Crippen molar-refractivity contribution in [3.63, 3.8) is 0 Å². The Labute approximate surface area is 156 Å². The standard InChI is InChI=1S/C20H27NO4S/c1-20(2,17-10-11-18(24-3)19(14-17)25-4)15-21-26(22,23)13-12-16-8-6-5-7-9-16/h5-11,14,21H,12-13,15H2,1-4H3. The molecule has 0 amide bonds. The molecule has 0 aliphatic rings. The lowest BCUT2D eigenvalue weighted by atomic mass is 9.85. The molecule has 6 heteroatoms. The van der Waals surface area contributed by atoms with E-state index < -0.39 is 10.0 Å². The second-order valence-electron chi connectivity index (χ2n) is 6.83. The van der Waals surface area contributed by atoms with Crippen molar-refractivity contribution in [2.45, 2.75) is 25.7 Å². The lowest BCUT2D eigenvalue weighted by molar-refractivity contribution is 0.353. The number of methoxy groups -OCH3 is 2. The summed E-state index contributed by atoms with van der Waals surface area (Å²) in [4.78, 5) is 0. The molecule has 0 radical (unpaired) electrons. The molecule has 0 fully saturated rings. The highest BCUT2D eigenvalue weighted by molar-refractivity contribution is 7.89.